The Balaban J connectivity index is 1.58. The topological polar surface area (TPSA) is 99.9 Å². The van der Waals surface area contributed by atoms with E-state index in [4.69, 9.17) is 4.74 Å². The number of benzene rings is 3. The van der Waals surface area contributed by atoms with Crippen molar-refractivity contribution in [1.29, 1.82) is 0 Å². The molecule has 0 radical (unpaired) electrons. The van der Waals surface area contributed by atoms with Gasteiger partial charge in [0, 0.05) is 43.4 Å². The molecule has 4 aromatic rings. The average Bonchev–Trinajstić information content (AvgIpc) is 3.36. The van der Waals surface area contributed by atoms with Gasteiger partial charge in [-0.3, -0.25) is 4.79 Å². The van der Waals surface area contributed by atoms with Gasteiger partial charge in [0.05, 0.1) is 17.5 Å². The van der Waals surface area contributed by atoms with Crippen molar-refractivity contribution in [2.24, 2.45) is 0 Å². The molecule has 0 spiro atoms. The summed E-state index contributed by atoms with van der Waals surface area (Å²) < 4.78 is 21.7. The van der Waals surface area contributed by atoms with Crippen LogP contribution in [0.25, 0.3) is 16.9 Å². The number of para-hydroxylation sites is 2. The van der Waals surface area contributed by atoms with Crippen LogP contribution >= 0.6 is 0 Å². The van der Waals surface area contributed by atoms with E-state index >= 15 is 0 Å². The summed E-state index contributed by atoms with van der Waals surface area (Å²) in [6, 6.07) is 18.0. The first-order chi connectivity index (χ1) is 18.3. The van der Waals surface area contributed by atoms with Crippen LogP contribution in [0.1, 0.15) is 29.8 Å². The molecule has 198 valence electrons. The molecule has 0 saturated heterocycles. The van der Waals surface area contributed by atoms with E-state index in [0.29, 0.717) is 30.6 Å². The standard InChI is InChI=1S/C29H31FN4O4/c1-19(2)31-14-15-38-28-11-7-4-8-20(28)18-33(3)29(37)22-16-21(26(35)17-27(22)36)24-12-13-32-34(24)25-10-6-5-9-23(25)30/h4-13,16-17,19,31,35-36H,14-15,18H2,1-3H3. The van der Waals surface area contributed by atoms with Crippen LogP contribution in [0, 0.1) is 5.82 Å². The molecule has 3 aromatic carbocycles. The van der Waals surface area contributed by atoms with Crippen molar-refractivity contribution >= 4 is 5.91 Å². The molecule has 0 atom stereocenters. The van der Waals surface area contributed by atoms with Gasteiger partial charge in [-0.15, -0.1) is 0 Å². The van der Waals surface area contributed by atoms with Crippen LogP contribution in [0.15, 0.2) is 72.9 Å². The van der Waals surface area contributed by atoms with E-state index in [-0.39, 0.29) is 34.9 Å². The van der Waals surface area contributed by atoms with Gasteiger partial charge < -0.3 is 25.2 Å². The van der Waals surface area contributed by atoms with Crippen LogP contribution in [0.5, 0.6) is 17.2 Å². The monoisotopic (exact) mass is 518 g/mol. The van der Waals surface area contributed by atoms with E-state index < -0.39 is 11.7 Å². The molecule has 3 N–H and O–H groups in total. The van der Waals surface area contributed by atoms with Crippen molar-refractivity contribution in [2.75, 3.05) is 20.2 Å². The number of rotatable bonds is 10. The molecular formula is C29H31FN4O4. The number of carbonyl (C=O) groups is 1. The summed E-state index contributed by atoms with van der Waals surface area (Å²) in [7, 11) is 1.62. The third kappa shape index (κ3) is 5.95. The van der Waals surface area contributed by atoms with Gasteiger partial charge in [0.1, 0.15) is 35.4 Å². The van der Waals surface area contributed by atoms with Gasteiger partial charge in [0.15, 0.2) is 0 Å². The summed E-state index contributed by atoms with van der Waals surface area (Å²) in [5, 5.41) is 28.7. The van der Waals surface area contributed by atoms with Crippen LogP contribution in [-0.4, -0.2) is 57.0 Å². The second kappa shape index (κ2) is 11.8. The molecule has 0 aliphatic rings. The Labute approximate surface area is 220 Å². The smallest absolute Gasteiger partial charge is 0.257 e. The Kier molecular flexibility index (Phi) is 8.28. The number of ether oxygens (including phenoxy) is 1. The van der Waals surface area contributed by atoms with Crippen molar-refractivity contribution < 1.29 is 24.1 Å². The lowest BCUT2D eigenvalue weighted by Gasteiger charge is -2.21. The summed E-state index contributed by atoms with van der Waals surface area (Å²) in [5.74, 6) is -0.926. The number of phenolic OH excluding ortho intramolecular Hbond substituents is 2. The first-order valence-corrected chi connectivity index (χ1v) is 12.3. The first-order valence-electron chi connectivity index (χ1n) is 12.3. The zero-order valence-electron chi connectivity index (χ0n) is 21.6. The van der Waals surface area contributed by atoms with Gasteiger partial charge in [0.2, 0.25) is 0 Å². The van der Waals surface area contributed by atoms with Crippen LogP contribution < -0.4 is 10.1 Å². The third-order valence-electron chi connectivity index (χ3n) is 5.98. The van der Waals surface area contributed by atoms with Gasteiger partial charge in [0.25, 0.3) is 5.91 Å². The lowest BCUT2D eigenvalue weighted by atomic mass is 10.0. The summed E-state index contributed by atoms with van der Waals surface area (Å²) >= 11 is 0. The maximum absolute atomic E-state index is 14.5. The molecule has 0 unspecified atom stereocenters. The van der Waals surface area contributed by atoms with E-state index in [1.165, 1.54) is 27.9 Å². The van der Waals surface area contributed by atoms with Gasteiger partial charge in [-0.2, -0.15) is 5.10 Å². The second-order valence-electron chi connectivity index (χ2n) is 9.19. The minimum Gasteiger partial charge on any atom is -0.507 e. The second-order valence-corrected chi connectivity index (χ2v) is 9.19. The fourth-order valence-electron chi connectivity index (χ4n) is 4.09. The molecule has 38 heavy (non-hydrogen) atoms. The fraction of sp³-hybridized carbons (Fsp3) is 0.241. The summed E-state index contributed by atoms with van der Waals surface area (Å²) in [5.41, 5.74) is 1.56. The van der Waals surface area contributed by atoms with Crippen LogP contribution in [-0.2, 0) is 6.54 Å². The molecule has 9 heteroatoms. The highest BCUT2D eigenvalue weighted by atomic mass is 19.1. The predicted octanol–water partition coefficient (Wildman–Crippen LogP) is 4.74. The van der Waals surface area contributed by atoms with Gasteiger partial charge in [-0.05, 0) is 30.3 Å². The normalized spacial score (nSPS) is 11.1. The number of amides is 1. The zero-order chi connectivity index (χ0) is 27.2. The van der Waals surface area contributed by atoms with E-state index in [1.54, 1.807) is 31.3 Å². The Morgan fingerprint density at radius 1 is 1.08 bits per heavy atom. The van der Waals surface area contributed by atoms with Crippen LogP contribution in [0.2, 0.25) is 0 Å². The number of hydrogen-bond donors (Lipinski definition) is 3. The van der Waals surface area contributed by atoms with Gasteiger partial charge in [-0.25, -0.2) is 9.07 Å². The number of phenols is 2. The number of aromatic hydroxyl groups is 2. The van der Waals surface area contributed by atoms with Crippen molar-refractivity contribution in [1.82, 2.24) is 20.0 Å². The molecule has 0 saturated carbocycles. The Morgan fingerprint density at radius 2 is 1.82 bits per heavy atom. The highest BCUT2D eigenvalue weighted by Gasteiger charge is 2.22. The lowest BCUT2D eigenvalue weighted by molar-refractivity contribution is 0.0781. The summed E-state index contributed by atoms with van der Waals surface area (Å²) in [6.45, 7) is 5.52. The Bertz CT molecular complexity index is 1420. The molecule has 0 aliphatic carbocycles. The van der Waals surface area contributed by atoms with E-state index in [0.717, 1.165) is 11.6 Å². The van der Waals surface area contributed by atoms with Crippen molar-refractivity contribution in [3.8, 4) is 34.2 Å². The number of carbonyl (C=O) groups excluding carboxylic acids is 1. The highest BCUT2D eigenvalue weighted by molar-refractivity contribution is 5.98. The van der Waals surface area contributed by atoms with Crippen LogP contribution in [0.3, 0.4) is 0 Å². The molecule has 4 rings (SSSR count). The molecular weight excluding hydrogens is 487 g/mol. The van der Waals surface area contributed by atoms with Crippen molar-refractivity contribution in [3.63, 3.8) is 0 Å². The third-order valence-corrected chi connectivity index (χ3v) is 5.98. The number of hydrogen-bond acceptors (Lipinski definition) is 6. The highest BCUT2D eigenvalue weighted by Crippen LogP contribution is 2.36. The SMILES string of the molecule is CC(C)NCCOc1ccccc1CN(C)C(=O)c1cc(-c2ccnn2-c2ccccc2F)c(O)cc1O. The van der Waals surface area contributed by atoms with Gasteiger partial charge >= 0.3 is 0 Å². The maximum atomic E-state index is 14.5. The van der Waals surface area contributed by atoms with Crippen molar-refractivity contribution in [3.05, 3.63) is 89.9 Å². The average molecular weight is 519 g/mol. The quantitative estimate of drug-likeness (QED) is 0.262. The lowest BCUT2D eigenvalue weighted by Crippen LogP contribution is -2.28. The van der Waals surface area contributed by atoms with Crippen molar-refractivity contribution in [2.45, 2.75) is 26.4 Å². The van der Waals surface area contributed by atoms with Crippen LogP contribution in [0.4, 0.5) is 4.39 Å². The minimum atomic E-state index is -0.493. The van der Waals surface area contributed by atoms with E-state index in [2.05, 4.69) is 24.3 Å². The molecule has 8 nitrogen and oxygen atoms in total. The summed E-state index contributed by atoms with van der Waals surface area (Å²) in [4.78, 5) is 14.9. The van der Waals surface area contributed by atoms with E-state index in [9.17, 15) is 19.4 Å². The molecule has 0 aliphatic heterocycles. The van der Waals surface area contributed by atoms with E-state index in [1.807, 2.05) is 24.3 Å². The number of nitrogens with zero attached hydrogens (tertiary/aromatic N) is 3. The largest absolute Gasteiger partial charge is 0.507 e. The molecule has 1 aromatic heterocycles. The van der Waals surface area contributed by atoms with Gasteiger partial charge in [-0.1, -0.05) is 44.2 Å². The minimum absolute atomic E-state index is 0.0129. The first kappa shape index (κ1) is 26.7. The zero-order valence-corrected chi connectivity index (χ0v) is 21.6. The summed E-state index contributed by atoms with van der Waals surface area (Å²) in [6.07, 6.45) is 1.47. The maximum Gasteiger partial charge on any atom is 0.257 e. The molecule has 1 heterocycles. The molecule has 1 amide bonds. The fourth-order valence-corrected chi connectivity index (χ4v) is 4.09. The Hall–Kier alpha value is -4.37. The molecule has 0 bridgehead atoms. The number of halogens is 1. The number of aromatic nitrogens is 2. The number of nitrogens with one attached hydrogen (secondary N) is 1. The molecule has 0 fully saturated rings. The Morgan fingerprint density at radius 3 is 2.58 bits per heavy atom. The predicted molar refractivity (Wildman–Crippen MR) is 143 cm³/mol.